The Hall–Kier alpha value is -2.08. The van der Waals surface area contributed by atoms with Crippen molar-refractivity contribution in [3.05, 3.63) is 62.5 Å². The van der Waals surface area contributed by atoms with Gasteiger partial charge in [0.05, 0.1) is 0 Å². The summed E-state index contributed by atoms with van der Waals surface area (Å²) in [6.45, 7) is 14.2. The predicted octanol–water partition coefficient (Wildman–Crippen LogP) is 6.29. The summed E-state index contributed by atoms with van der Waals surface area (Å²) in [6, 6.07) is 7.58. The highest BCUT2D eigenvalue weighted by Gasteiger charge is 2.31. The Labute approximate surface area is 176 Å². The van der Waals surface area contributed by atoms with Crippen molar-refractivity contribution in [2.24, 2.45) is 5.41 Å². The Bertz CT molecular complexity index is 1170. The molecule has 0 unspecified atom stereocenters. The molecular weight excluding hydrogens is 348 g/mol. The molecule has 0 nitrogen and oxygen atoms in total. The summed E-state index contributed by atoms with van der Waals surface area (Å²) >= 11 is 0. The molecule has 0 spiro atoms. The molecule has 3 aliphatic rings. The van der Waals surface area contributed by atoms with Gasteiger partial charge in [0.15, 0.2) is 0 Å². The molecule has 0 heterocycles. The number of hydrogen-bond donors (Lipinski definition) is 0. The van der Waals surface area contributed by atoms with E-state index in [9.17, 15) is 0 Å². The lowest BCUT2D eigenvalue weighted by atomic mass is 9.76. The zero-order valence-corrected chi connectivity index (χ0v) is 19.0. The van der Waals surface area contributed by atoms with Gasteiger partial charge in [0.1, 0.15) is 0 Å². The van der Waals surface area contributed by atoms with E-state index in [4.69, 9.17) is 0 Å². The number of aryl methyl sites for hydroxylation is 1. The van der Waals surface area contributed by atoms with Crippen molar-refractivity contribution in [1.29, 1.82) is 0 Å². The fourth-order valence-corrected chi connectivity index (χ4v) is 5.82. The van der Waals surface area contributed by atoms with Crippen LogP contribution in [-0.2, 0) is 18.3 Å². The largest absolute Gasteiger partial charge is 0.0798 e. The van der Waals surface area contributed by atoms with Crippen molar-refractivity contribution < 1.29 is 0 Å². The zero-order valence-electron chi connectivity index (χ0n) is 19.0. The fraction of sp³-hybridized carbons (Fsp3) is 0.448. The SMILES string of the molecule is CC(C)(C)C1=CCCc2cc3c(cc21)Cc1c-3cc2c(c1C(C)(C)C)=CCCC=2. The number of allylic oxidation sites excluding steroid dienone is 2. The molecule has 0 fully saturated rings. The summed E-state index contributed by atoms with van der Waals surface area (Å²) in [7, 11) is 0. The van der Waals surface area contributed by atoms with Crippen LogP contribution in [0.25, 0.3) is 28.9 Å². The van der Waals surface area contributed by atoms with E-state index in [0.29, 0.717) is 0 Å². The highest BCUT2D eigenvalue weighted by Crippen LogP contribution is 2.45. The molecule has 0 saturated carbocycles. The molecule has 2 aromatic carbocycles. The summed E-state index contributed by atoms with van der Waals surface area (Å²) in [6.07, 6.45) is 13.2. The van der Waals surface area contributed by atoms with Gasteiger partial charge in [0.2, 0.25) is 0 Å². The lowest BCUT2D eigenvalue weighted by Crippen LogP contribution is -2.37. The summed E-state index contributed by atoms with van der Waals surface area (Å²) in [5.74, 6) is 0. The number of benzene rings is 2. The third-order valence-corrected chi connectivity index (χ3v) is 6.98. The van der Waals surface area contributed by atoms with Crippen LogP contribution < -0.4 is 10.4 Å². The Balaban J connectivity index is 1.77. The van der Waals surface area contributed by atoms with Crippen molar-refractivity contribution in [3.8, 4) is 11.1 Å². The standard InChI is InChI=1S/C29H34/c1-28(2,3)26-13-9-11-19-14-22-20(16-23(19)26)17-25-24(22)15-18-10-7-8-12-21(18)27(25)29(4,5)6/h10,12-16H,7-9,11,17H2,1-6H3. The van der Waals surface area contributed by atoms with E-state index in [2.05, 4.69) is 78.0 Å². The summed E-state index contributed by atoms with van der Waals surface area (Å²) in [5, 5.41) is 2.97. The predicted molar refractivity (Wildman–Crippen MR) is 127 cm³/mol. The maximum Gasteiger partial charge on any atom is -0.00101 e. The van der Waals surface area contributed by atoms with E-state index in [-0.39, 0.29) is 10.8 Å². The van der Waals surface area contributed by atoms with E-state index in [1.54, 1.807) is 16.7 Å². The van der Waals surface area contributed by atoms with Crippen LogP contribution in [-0.4, -0.2) is 0 Å². The average molecular weight is 383 g/mol. The minimum absolute atomic E-state index is 0.162. The second-order valence-corrected chi connectivity index (χ2v) is 11.3. The molecule has 29 heavy (non-hydrogen) atoms. The lowest BCUT2D eigenvalue weighted by Gasteiger charge is -2.29. The maximum atomic E-state index is 2.54. The first-order valence-corrected chi connectivity index (χ1v) is 11.4. The Morgan fingerprint density at radius 3 is 2.10 bits per heavy atom. The molecule has 0 atom stereocenters. The highest BCUT2D eigenvalue weighted by molar-refractivity contribution is 5.84. The third-order valence-electron chi connectivity index (χ3n) is 6.98. The van der Waals surface area contributed by atoms with Gasteiger partial charge in [-0.25, -0.2) is 0 Å². The first kappa shape index (κ1) is 18.9. The maximum absolute atomic E-state index is 2.54. The van der Waals surface area contributed by atoms with Gasteiger partial charge in [-0.05, 0) is 104 Å². The molecular formula is C29H34. The summed E-state index contributed by atoms with van der Waals surface area (Å²) in [4.78, 5) is 0. The second kappa shape index (κ2) is 6.21. The fourth-order valence-electron chi connectivity index (χ4n) is 5.82. The smallest absolute Gasteiger partial charge is 0.00101 e. The lowest BCUT2D eigenvalue weighted by molar-refractivity contribution is 0.561. The molecule has 150 valence electrons. The van der Waals surface area contributed by atoms with Crippen LogP contribution in [0.5, 0.6) is 0 Å². The van der Waals surface area contributed by atoms with Crippen LogP contribution in [0.3, 0.4) is 0 Å². The highest BCUT2D eigenvalue weighted by atomic mass is 14.3. The van der Waals surface area contributed by atoms with Gasteiger partial charge in [-0.1, -0.05) is 71.9 Å². The van der Waals surface area contributed by atoms with E-state index in [1.165, 1.54) is 63.9 Å². The molecule has 0 amide bonds. The molecule has 0 saturated heterocycles. The Kier molecular flexibility index (Phi) is 4.05. The second-order valence-electron chi connectivity index (χ2n) is 11.3. The minimum atomic E-state index is 0.162. The number of rotatable bonds is 0. The van der Waals surface area contributed by atoms with Gasteiger partial charge in [0, 0.05) is 0 Å². The molecule has 5 rings (SSSR count). The number of fused-ring (bicyclic) bond motifs is 5. The number of hydrogen-bond acceptors (Lipinski definition) is 0. The van der Waals surface area contributed by atoms with Gasteiger partial charge in [0.25, 0.3) is 0 Å². The molecule has 0 aliphatic heterocycles. The molecule has 0 heteroatoms. The molecule has 0 N–H and O–H groups in total. The van der Waals surface area contributed by atoms with Crippen molar-refractivity contribution in [1.82, 2.24) is 0 Å². The van der Waals surface area contributed by atoms with Gasteiger partial charge < -0.3 is 0 Å². The first-order chi connectivity index (χ1) is 13.6. The zero-order chi connectivity index (χ0) is 20.6. The van der Waals surface area contributed by atoms with Crippen molar-refractivity contribution in [3.63, 3.8) is 0 Å². The van der Waals surface area contributed by atoms with Crippen LogP contribution in [0.2, 0.25) is 0 Å². The van der Waals surface area contributed by atoms with E-state index in [0.717, 1.165) is 6.42 Å². The van der Waals surface area contributed by atoms with Crippen LogP contribution in [0.1, 0.15) is 88.6 Å². The molecule has 2 aromatic rings. The normalized spacial score (nSPS) is 17.4. The van der Waals surface area contributed by atoms with Crippen LogP contribution in [0, 0.1) is 5.41 Å². The summed E-state index contributed by atoms with van der Waals surface area (Å²) in [5.41, 5.74) is 12.7. The van der Waals surface area contributed by atoms with E-state index in [1.807, 2.05) is 0 Å². The molecule has 3 aliphatic carbocycles. The van der Waals surface area contributed by atoms with Crippen molar-refractivity contribution in [2.75, 3.05) is 0 Å². The molecule has 0 bridgehead atoms. The Morgan fingerprint density at radius 1 is 0.655 bits per heavy atom. The van der Waals surface area contributed by atoms with Crippen molar-refractivity contribution in [2.45, 2.75) is 79.1 Å². The molecule has 0 aromatic heterocycles. The Morgan fingerprint density at radius 2 is 1.38 bits per heavy atom. The van der Waals surface area contributed by atoms with Gasteiger partial charge in [-0.3, -0.25) is 0 Å². The first-order valence-electron chi connectivity index (χ1n) is 11.4. The van der Waals surface area contributed by atoms with E-state index >= 15 is 0 Å². The minimum Gasteiger partial charge on any atom is -0.0798 e. The average Bonchev–Trinajstić information content (AvgIpc) is 2.98. The summed E-state index contributed by atoms with van der Waals surface area (Å²) < 4.78 is 0. The monoisotopic (exact) mass is 382 g/mol. The van der Waals surface area contributed by atoms with Crippen molar-refractivity contribution >= 4 is 17.7 Å². The van der Waals surface area contributed by atoms with Crippen LogP contribution >= 0.6 is 0 Å². The molecule has 0 radical (unpaired) electrons. The van der Waals surface area contributed by atoms with Crippen LogP contribution in [0.4, 0.5) is 0 Å². The topological polar surface area (TPSA) is 0 Å². The van der Waals surface area contributed by atoms with Gasteiger partial charge in [-0.15, -0.1) is 0 Å². The van der Waals surface area contributed by atoms with Gasteiger partial charge >= 0.3 is 0 Å². The van der Waals surface area contributed by atoms with Gasteiger partial charge in [-0.2, -0.15) is 0 Å². The van der Waals surface area contributed by atoms with Crippen LogP contribution in [0.15, 0.2) is 24.3 Å². The quantitative estimate of drug-likeness (QED) is 0.429. The third kappa shape index (κ3) is 2.95. The van der Waals surface area contributed by atoms with E-state index < -0.39 is 0 Å².